The zero-order valence-corrected chi connectivity index (χ0v) is 22.1. The number of carbonyl (C=O) groups excluding carboxylic acids is 1. The molecule has 0 saturated carbocycles. The van der Waals surface area contributed by atoms with Crippen molar-refractivity contribution in [1.29, 1.82) is 0 Å². The van der Waals surface area contributed by atoms with Gasteiger partial charge in [-0.2, -0.15) is 9.61 Å². The molecule has 0 spiro atoms. The first kappa shape index (κ1) is 24.6. The Morgan fingerprint density at radius 2 is 1.93 bits per heavy atom. The Labute approximate surface area is 227 Å². The molecule has 3 N–H and O–H groups in total. The number of aromatic amines is 1. The van der Waals surface area contributed by atoms with E-state index in [0.717, 1.165) is 19.1 Å². The van der Waals surface area contributed by atoms with Gasteiger partial charge in [0.05, 0.1) is 17.4 Å². The third kappa shape index (κ3) is 3.81. The monoisotopic (exact) mass is 561 g/mol. The van der Waals surface area contributed by atoms with Crippen LogP contribution in [0.4, 0.5) is 10.2 Å². The molecule has 3 atom stereocenters. The number of nitrogens with zero attached hydrogens (tertiary/aromatic N) is 7. The molecule has 40 heavy (non-hydrogen) atoms. The summed E-state index contributed by atoms with van der Waals surface area (Å²) in [6.45, 7) is 0. The van der Waals surface area contributed by atoms with Gasteiger partial charge in [-0.15, -0.1) is 10.2 Å². The fourth-order valence-corrected chi connectivity index (χ4v) is 7.35. The second-order valence-electron chi connectivity index (χ2n) is 10.4. The van der Waals surface area contributed by atoms with E-state index in [0.29, 0.717) is 46.2 Å². The van der Waals surface area contributed by atoms with Gasteiger partial charge in [-0.1, -0.05) is 0 Å². The fourth-order valence-electron chi connectivity index (χ4n) is 6.29. The Kier molecular flexibility index (Phi) is 5.39. The van der Waals surface area contributed by atoms with Crippen LogP contribution < -0.4 is 5.73 Å². The van der Waals surface area contributed by atoms with Gasteiger partial charge in [-0.05, 0) is 49.9 Å². The summed E-state index contributed by atoms with van der Waals surface area (Å²) >= 11 is 0. The summed E-state index contributed by atoms with van der Waals surface area (Å²) in [5.41, 5.74) is 9.09. The van der Waals surface area contributed by atoms with Gasteiger partial charge in [0.25, 0.3) is 5.91 Å². The average molecular weight is 562 g/mol. The lowest BCUT2D eigenvalue weighted by molar-refractivity contribution is 0.0556. The van der Waals surface area contributed by atoms with Gasteiger partial charge < -0.3 is 15.6 Å². The number of anilines is 1. The maximum atomic E-state index is 13.9. The minimum atomic E-state index is -3.78. The van der Waals surface area contributed by atoms with Crippen LogP contribution in [0.1, 0.15) is 47.9 Å². The van der Waals surface area contributed by atoms with Crippen LogP contribution in [0.25, 0.3) is 27.7 Å². The molecule has 1 aromatic carbocycles. The van der Waals surface area contributed by atoms with E-state index in [1.165, 1.54) is 23.0 Å². The van der Waals surface area contributed by atoms with E-state index in [9.17, 15) is 17.6 Å². The van der Waals surface area contributed by atoms with Crippen LogP contribution in [0.2, 0.25) is 0 Å². The van der Waals surface area contributed by atoms with Gasteiger partial charge in [0, 0.05) is 47.0 Å². The third-order valence-corrected chi connectivity index (χ3v) is 9.12. The smallest absolute Gasteiger partial charge is 0.292 e. The predicted molar refractivity (Wildman–Crippen MR) is 143 cm³/mol. The Hall–Kier alpha value is -4.46. The zero-order chi connectivity index (χ0) is 27.8. The molecule has 2 aliphatic heterocycles. The fraction of sp³-hybridized carbons (Fsp3) is 0.308. The second-order valence-corrected chi connectivity index (χ2v) is 12.4. The molecular formula is C26H24FN9O3S. The summed E-state index contributed by atoms with van der Waals surface area (Å²) in [5, 5.41) is 12.6. The van der Waals surface area contributed by atoms with E-state index in [1.54, 1.807) is 24.5 Å². The largest absolute Gasteiger partial charge is 0.382 e. The molecule has 6 heterocycles. The maximum Gasteiger partial charge on any atom is 0.292 e. The predicted octanol–water partition coefficient (Wildman–Crippen LogP) is 2.74. The van der Waals surface area contributed by atoms with E-state index in [-0.39, 0.29) is 46.3 Å². The summed E-state index contributed by atoms with van der Waals surface area (Å²) in [6, 6.07) is 5.94. The van der Waals surface area contributed by atoms with Crippen molar-refractivity contribution in [3.05, 3.63) is 60.3 Å². The number of rotatable bonds is 4. The molecule has 0 radical (unpaired) electrons. The number of halogens is 1. The number of sulfone groups is 1. The minimum Gasteiger partial charge on any atom is -0.382 e. The number of carbonyl (C=O) groups is 1. The SMILES string of the molecule is CS(=O)(=O)c1c(C2CC3CC[C@H](C2)N3C(=O)c2nnc[nH]2)nc2c(-c3cnc4ccc(F)cc4c3)cnn2c1N. The van der Waals surface area contributed by atoms with Crippen molar-refractivity contribution in [2.24, 2.45) is 0 Å². The van der Waals surface area contributed by atoms with Crippen LogP contribution in [-0.4, -0.2) is 72.3 Å². The summed E-state index contributed by atoms with van der Waals surface area (Å²) < 4.78 is 41.3. The molecule has 12 nitrogen and oxygen atoms in total. The standard InChI is InChI=1S/C26H24FN9O3S/c1-40(38,39)22-21(14-8-17-3-4-18(9-14)35(17)26(37)24-30-12-31-34-24)33-25-19(11-32-36(25)23(22)28)15-6-13-7-16(27)2-5-20(13)29-10-15/h2,5-7,10-12,14,17-18H,3-4,8-9,28H2,1H3,(H,30,31,34)/t14?,17-,18?/m1/s1. The molecule has 204 valence electrons. The first-order valence-corrected chi connectivity index (χ1v) is 14.7. The Morgan fingerprint density at radius 1 is 1.15 bits per heavy atom. The second kappa shape index (κ2) is 8.78. The van der Waals surface area contributed by atoms with E-state index >= 15 is 0 Å². The number of hydrogen-bond donors (Lipinski definition) is 2. The van der Waals surface area contributed by atoms with E-state index in [1.807, 2.05) is 4.90 Å². The number of fused-ring (bicyclic) bond motifs is 4. The van der Waals surface area contributed by atoms with Crippen LogP contribution >= 0.6 is 0 Å². The Morgan fingerprint density at radius 3 is 2.62 bits per heavy atom. The molecule has 7 rings (SSSR count). The topological polar surface area (TPSA) is 165 Å². The minimum absolute atomic E-state index is 0.0268. The number of H-pyrrole nitrogens is 1. The van der Waals surface area contributed by atoms with Gasteiger partial charge >= 0.3 is 0 Å². The molecule has 2 bridgehead atoms. The summed E-state index contributed by atoms with van der Waals surface area (Å²) in [6.07, 6.45) is 8.33. The molecule has 4 aromatic heterocycles. The molecule has 2 saturated heterocycles. The lowest BCUT2D eigenvalue weighted by Crippen LogP contribution is -2.46. The number of benzene rings is 1. The first-order valence-electron chi connectivity index (χ1n) is 12.8. The highest BCUT2D eigenvalue weighted by Crippen LogP contribution is 2.45. The Balaban J connectivity index is 1.34. The van der Waals surface area contributed by atoms with Crippen molar-refractivity contribution in [1.82, 2.24) is 39.7 Å². The zero-order valence-electron chi connectivity index (χ0n) is 21.3. The lowest BCUT2D eigenvalue weighted by atomic mass is 9.87. The quantitative estimate of drug-likeness (QED) is 0.335. The number of nitrogen functional groups attached to an aromatic ring is 1. The lowest BCUT2D eigenvalue weighted by Gasteiger charge is -2.38. The molecule has 2 unspecified atom stereocenters. The van der Waals surface area contributed by atoms with Crippen molar-refractivity contribution in [3.63, 3.8) is 0 Å². The van der Waals surface area contributed by atoms with Crippen molar-refractivity contribution < 1.29 is 17.6 Å². The normalized spacial score (nSPS) is 20.9. The third-order valence-electron chi connectivity index (χ3n) is 7.96. The molecular weight excluding hydrogens is 537 g/mol. The van der Waals surface area contributed by atoms with Crippen LogP contribution in [-0.2, 0) is 9.84 Å². The summed E-state index contributed by atoms with van der Waals surface area (Å²) in [5.74, 6) is -0.686. The van der Waals surface area contributed by atoms with Crippen molar-refractivity contribution in [3.8, 4) is 11.1 Å². The number of pyridine rings is 1. The van der Waals surface area contributed by atoms with E-state index in [4.69, 9.17) is 10.7 Å². The molecule has 1 amide bonds. The summed E-state index contributed by atoms with van der Waals surface area (Å²) in [7, 11) is -3.78. The van der Waals surface area contributed by atoms with Crippen molar-refractivity contribution >= 4 is 38.1 Å². The van der Waals surface area contributed by atoms with Gasteiger partial charge in [0.15, 0.2) is 15.5 Å². The van der Waals surface area contributed by atoms with Crippen LogP contribution in [0.5, 0.6) is 0 Å². The highest BCUT2D eigenvalue weighted by Gasteiger charge is 2.46. The number of nitrogens with two attached hydrogens (primary N) is 1. The van der Waals surface area contributed by atoms with Crippen LogP contribution in [0.15, 0.2) is 47.9 Å². The van der Waals surface area contributed by atoms with Crippen LogP contribution in [0.3, 0.4) is 0 Å². The average Bonchev–Trinajstić information content (AvgIpc) is 3.65. The molecule has 5 aromatic rings. The first-order chi connectivity index (χ1) is 19.2. The van der Waals surface area contributed by atoms with Crippen molar-refractivity contribution in [2.45, 2.75) is 48.6 Å². The summed E-state index contributed by atoms with van der Waals surface area (Å²) in [4.78, 5) is 27.0. The molecule has 2 fully saturated rings. The number of nitrogens with one attached hydrogen (secondary N) is 1. The van der Waals surface area contributed by atoms with Gasteiger partial charge in [-0.25, -0.2) is 17.8 Å². The highest BCUT2D eigenvalue weighted by atomic mass is 32.2. The Bertz CT molecular complexity index is 1910. The van der Waals surface area contributed by atoms with Crippen LogP contribution in [0, 0.1) is 5.82 Å². The maximum absolute atomic E-state index is 13.9. The van der Waals surface area contributed by atoms with Gasteiger partial charge in [0.2, 0.25) is 5.82 Å². The van der Waals surface area contributed by atoms with Crippen molar-refractivity contribution in [2.75, 3.05) is 12.0 Å². The number of hydrogen-bond acceptors (Lipinski definition) is 9. The van der Waals surface area contributed by atoms with E-state index < -0.39 is 9.84 Å². The van der Waals surface area contributed by atoms with Gasteiger partial charge in [-0.3, -0.25) is 9.78 Å². The number of aromatic nitrogens is 7. The number of piperidine rings is 1. The van der Waals surface area contributed by atoms with Gasteiger partial charge in [0.1, 0.15) is 22.9 Å². The van der Waals surface area contributed by atoms with E-state index in [2.05, 4.69) is 25.3 Å². The molecule has 2 aliphatic rings. The molecule has 14 heteroatoms. The molecule has 0 aliphatic carbocycles. The number of amides is 1. The highest BCUT2D eigenvalue weighted by molar-refractivity contribution is 7.91.